The van der Waals surface area contributed by atoms with Crippen LogP contribution in [0, 0.1) is 17.8 Å². The number of carbonyl (C=O) groups is 1. The van der Waals surface area contributed by atoms with Crippen molar-refractivity contribution in [2.24, 2.45) is 23.5 Å². The van der Waals surface area contributed by atoms with Crippen molar-refractivity contribution in [3.8, 4) is 0 Å². The molecule has 15 heavy (non-hydrogen) atoms. The van der Waals surface area contributed by atoms with Gasteiger partial charge in [-0.1, -0.05) is 6.42 Å². The first-order chi connectivity index (χ1) is 7.25. The second kappa shape index (κ2) is 3.48. The fraction of sp³-hybridized carbons (Fsp3) is 0.917. The van der Waals surface area contributed by atoms with Crippen LogP contribution in [-0.4, -0.2) is 29.9 Å². The van der Waals surface area contributed by atoms with E-state index in [9.17, 15) is 4.79 Å². The Balaban J connectivity index is 1.63. The molecular formula is C12H20N2O. The predicted octanol–water partition coefficient (Wildman–Crippen LogP) is 0.982. The van der Waals surface area contributed by atoms with Crippen molar-refractivity contribution in [1.29, 1.82) is 0 Å². The average Bonchev–Trinajstić information content (AvgIpc) is 2.65. The van der Waals surface area contributed by atoms with E-state index >= 15 is 0 Å². The van der Waals surface area contributed by atoms with Crippen LogP contribution in [0.2, 0.25) is 0 Å². The monoisotopic (exact) mass is 208 g/mol. The quantitative estimate of drug-likeness (QED) is 0.698. The highest BCUT2D eigenvalue weighted by atomic mass is 16.2. The van der Waals surface area contributed by atoms with Crippen LogP contribution in [0.25, 0.3) is 0 Å². The normalized spacial score (nSPS) is 40.3. The summed E-state index contributed by atoms with van der Waals surface area (Å²) < 4.78 is 0. The molecular weight excluding hydrogens is 188 g/mol. The van der Waals surface area contributed by atoms with Crippen molar-refractivity contribution < 1.29 is 4.79 Å². The lowest BCUT2D eigenvalue weighted by atomic mass is 9.84. The maximum atomic E-state index is 12.1. The molecule has 2 saturated carbocycles. The van der Waals surface area contributed by atoms with E-state index in [1.807, 2.05) is 0 Å². The number of nitrogens with two attached hydrogens (primary N) is 1. The van der Waals surface area contributed by atoms with Crippen LogP contribution in [0.4, 0.5) is 0 Å². The summed E-state index contributed by atoms with van der Waals surface area (Å²) in [5, 5.41) is 0. The number of carbonyl (C=O) groups excluding carboxylic acids is 1. The van der Waals surface area contributed by atoms with Crippen molar-refractivity contribution in [3.63, 3.8) is 0 Å². The molecule has 0 aromatic heterocycles. The van der Waals surface area contributed by atoms with Crippen molar-refractivity contribution in [3.05, 3.63) is 0 Å². The molecule has 0 radical (unpaired) electrons. The number of rotatable bonds is 1. The first-order valence-corrected chi connectivity index (χ1v) is 6.30. The predicted molar refractivity (Wildman–Crippen MR) is 58.1 cm³/mol. The number of hydrogen-bond acceptors (Lipinski definition) is 2. The number of fused-ring (bicyclic) bond motifs is 1. The third kappa shape index (κ3) is 1.48. The molecule has 0 bridgehead atoms. The van der Waals surface area contributed by atoms with E-state index in [1.165, 1.54) is 19.3 Å². The van der Waals surface area contributed by atoms with Gasteiger partial charge in [0.15, 0.2) is 0 Å². The Morgan fingerprint density at radius 1 is 1.13 bits per heavy atom. The van der Waals surface area contributed by atoms with Crippen molar-refractivity contribution >= 4 is 5.91 Å². The van der Waals surface area contributed by atoms with Crippen LogP contribution in [0.3, 0.4) is 0 Å². The van der Waals surface area contributed by atoms with Gasteiger partial charge in [-0.05, 0) is 37.5 Å². The van der Waals surface area contributed by atoms with Gasteiger partial charge in [0.25, 0.3) is 0 Å². The summed E-state index contributed by atoms with van der Waals surface area (Å²) in [6.45, 7) is 1.94. The molecule has 0 aromatic carbocycles. The van der Waals surface area contributed by atoms with Crippen molar-refractivity contribution in [2.45, 2.75) is 38.1 Å². The Hall–Kier alpha value is -0.570. The second-order valence-electron chi connectivity index (χ2n) is 5.54. The van der Waals surface area contributed by atoms with Gasteiger partial charge in [0.05, 0.1) is 0 Å². The summed E-state index contributed by atoms with van der Waals surface area (Å²) in [6.07, 6.45) is 5.89. The largest absolute Gasteiger partial charge is 0.342 e. The highest BCUT2D eigenvalue weighted by Gasteiger charge is 2.44. The smallest absolute Gasteiger partial charge is 0.225 e. The van der Waals surface area contributed by atoms with Gasteiger partial charge in [-0.2, -0.15) is 0 Å². The highest BCUT2D eigenvalue weighted by molar-refractivity contribution is 5.79. The molecule has 1 amide bonds. The molecule has 3 unspecified atom stereocenters. The maximum absolute atomic E-state index is 12.1. The zero-order valence-corrected chi connectivity index (χ0v) is 9.19. The minimum atomic E-state index is 0.356. The van der Waals surface area contributed by atoms with E-state index in [1.54, 1.807) is 0 Å². The van der Waals surface area contributed by atoms with Crippen LogP contribution >= 0.6 is 0 Å². The Morgan fingerprint density at radius 2 is 1.93 bits per heavy atom. The van der Waals surface area contributed by atoms with E-state index in [0.717, 1.165) is 25.9 Å². The molecule has 2 aliphatic carbocycles. The number of nitrogens with zero attached hydrogens (tertiary/aromatic N) is 1. The summed E-state index contributed by atoms with van der Waals surface area (Å²) >= 11 is 0. The Bertz CT molecular complexity index is 275. The van der Waals surface area contributed by atoms with Crippen molar-refractivity contribution in [1.82, 2.24) is 4.90 Å². The van der Waals surface area contributed by atoms with Crippen molar-refractivity contribution in [2.75, 3.05) is 13.1 Å². The molecule has 3 atom stereocenters. The minimum absolute atomic E-state index is 0.356. The third-order valence-corrected chi connectivity index (χ3v) is 4.68. The number of amides is 1. The summed E-state index contributed by atoms with van der Waals surface area (Å²) in [5.74, 6) is 2.10. The Labute approximate surface area is 91.0 Å². The fourth-order valence-electron chi connectivity index (χ4n) is 3.40. The summed E-state index contributed by atoms with van der Waals surface area (Å²) in [7, 11) is 0. The van der Waals surface area contributed by atoms with Gasteiger partial charge in [-0.15, -0.1) is 0 Å². The van der Waals surface area contributed by atoms with E-state index < -0.39 is 0 Å². The van der Waals surface area contributed by atoms with Gasteiger partial charge < -0.3 is 10.6 Å². The van der Waals surface area contributed by atoms with Gasteiger partial charge in [0, 0.05) is 25.0 Å². The van der Waals surface area contributed by atoms with Crippen LogP contribution in [-0.2, 0) is 4.79 Å². The molecule has 1 aliphatic heterocycles. The van der Waals surface area contributed by atoms with Gasteiger partial charge in [-0.25, -0.2) is 0 Å². The molecule has 3 heteroatoms. The molecule has 3 aliphatic rings. The van der Waals surface area contributed by atoms with E-state index in [4.69, 9.17) is 5.73 Å². The first kappa shape index (κ1) is 9.64. The molecule has 0 aromatic rings. The van der Waals surface area contributed by atoms with Crippen LogP contribution in [0.15, 0.2) is 0 Å². The van der Waals surface area contributed by atoms with Crippen LogP contribution < -0.4 is 5.73 Å². The SMILES string of the molecule is NC1CCC2CN(C(=O)C3CCC3)CC12. The third-order valence-electron chi connectivity index (χ3n) is 4.68. The molecule has 1 heterocycles. The number of hydrogen-bond donors (Lipinski definition) is 1. The minimum Gasteiger partial charge on any atom is -0.342 e. The molecule has 3 nitrogen and oxygen atoms in total. The summed E-state index contributed by atoms with van der Waals surface area (Å²) in [6, 6.07) is 0.356. The molecule has 0 spiro atoms. The van der Waals surface area contributed by atoms with Crippen LogP contribution in [0.1, 0.15) is 32.1 Å². The molecule has 3 rings (SSSR count). The fourth-order valence-corrected chi connectivity index (χ4v) is 3.40. The van der Waals surface area contributed by atoms with Gasteiger partial charge in [0.1, 0.15) is 0 Å². The van der Waals surface area contributed by atoms with Gasteiger partial charge in [-0.3, -0.25) is 4.79 Å². The second-order valence-corrected chi connectivity index (χ2v) is 5.54. The topological polar surface area (TPSA) is 46.3 Å². The van der Waals surface area contributed by atoms with Crippen LogP contribution in [0.5, 0.6) is 0 Å². The molecule has 84 valence electrons. The molecule has 1 saturated heterocycles. The standard InChI is InChI=1S/C12H20N2O/c13-11-5-4-9-6-14(7-10(9)11)12(15)8-2-1-3-8/h8-11H,1-7,13H2. The van der Waals surface area contributed by atoms with E-state index in [0.29, 0.717) is 29.7 Å². The van der Waals surface area contributed by atoms with E-state index in [-0.39, 0.29) is 0 Å². The number of likely N-dealkylation sites (tertiary alicyclic amines) is 1. The Morgan fingerprint density at radius 3 is 2.53 bits per heavy atom. The maximum Gasteiger partial charge on any atom is 0.225 e. The average molecular weight is 208 g/mol. The zero-order chi connectivity index (χ0) is 10.4. The Kier molecular flexibility index (Phi) is 2.23. The summed E-state index contributed by atoms with van der Waals surface area (Å²) in [5.41, 5.74) is 6.07. The van der Waals surface area contributed by atoms with Gasteiger partial charge >= 0.3 is 0 Å². The molecule has 2 N–H and O–H groups in total. The molecule has 3 fully saturated rings. The highest BCUT2D eigenvalue weighted by Crippen LogP contribution is 2.39. The lowest BCUT2D eigenvalue weighted by Gasteiger charge is -2.29. The lowest BCUT2D eigenvalue weighted by Crippen LogP contribution is -2.39. The first-order valence-electron chi connectivity index (χ1n) is 6.30. The van der Waals surface area contributed by atoms with E-state index in [2.05, 4.69) is 4.90 Å². The van der Waals surface area contributed by atoms with Gasteiger partial charge in [0.2, 0.25) is 5.91 Å². The summed E-state index contributed by atoms with van der Waals surface area (Å²) in [4.78, 5) is 14.1. The lowest BCUT2D eigenvalue weighted by molar-refractivity contribution is -0.137. The zero-order valence-electron chi connectivity index (χ0n) is 9.19.